The Bertz CT molecular complexity index is 140. The number of unbranched alkanes of at least 4 members (excludes halogenated alkanes) is 1. The van der Waals surface area contributed by atoms with Crippen molar-refractivity contribution in [3.05, 3.63) is 0 Å². The van der Waals surface area contributed by atoms with E-state index in [4.69, 9.17) is 0 Å². The molecule has 14 heavy (non-hydrogen) atoms. The van der Waals surface area contributed by atoms with Crippen LogP contribution in [0.3, 0.4) is 0 Å². The fourth-order valence-corrected chi connectivity index (χ4v) is 1.81. The van der Waals surface area contributed by atoms with Crippen LogP contribution in [-0.2, 0) is 4.79 Å². The third-order valence-corrected chi connectivity index (χ3v) is 3.01. The number of hydrogen-bond donors (Lipinski definition) is 0. The molecule has 1 unspecified atom stereocenters. The van der Waals surface area contributed by atoms with E-state index >= 15 is 0 Å². The van der Waals surface area contributed by atoms with Crippen molar-refractivity contribution in [1.82, 2.24) is 0 Å². The van der Waals surface area contributed by atoms with E-state index in [9.17, 15) is 4.79 Å². The van der Waals surface area contributed by atoms with Gasteiger partial charge < -0.3 is 0 Å². The van der Waals surface area contributed by atoms with Crippen LogP contribution in [0.1, 0.15) is 72.1 Å². The summed E-state index contributed by atoms with van der Waals surface area (Å²) in [5, 5.41) is 0. The van der Waals surface area contributed by atoms with Gasteiger partial charge in [-0.15, -0.1) is 0 Å². The Morgan fingerprint density at radius 1 is 1.07 bits per heavy atom. The van der Waals surface area contributed by atoms with Crippen LogP contribution in [0, 0.1) is 5.92 Å². The van der Waals surface area contributed by atoms with Crippen LogP contribution in [0.5, 0.6) is 0 Å². The molecule has 1 heteroatoms. The highest BCUT2D eigenvalue weighted by atomic mass is 16.1. The van der Waals surface area contributed by atoms with Crippen molar-refractivity contribution in [1.29, 1.82) is 0 Å². The van der Waals surface area contributed by atoms with Gasteiger partial charge in [-0.25, -0.2) is 0 Å². The molecule has 0 aliphatic heterocycles. The average Bonchev–Trinajstić information content (AvgIpc) is 2.22. The molecule has 0 amide bonds. The lowest BCUT2D eigenvalue weighted by Gasteiger charge is -2.13. The molecule has 0 rings (SSSR count). The van der Waals surface area contributed by atoms with Crippen molar-refractivity contribution in [2.24, 2.45) is 5.92 Å². The molecule has 1 atom stereocenters. The van der Waals surface area contributed by atoms with Gasteiger partial charge >= 0.3 is 0 Å². The van der Waals surface area contributed by atoms with Gasteiger partial charge in [0, 0.05) is 12.8 Å². The number of carbonyl (C=O) groups excluding carboxylic acids is 1. The van der Waals surface area contributed by atoms with E-state index in [1.165, 1.54) is 32.1 Å². The van der Waals surface area contributed by atoms with E-state index in [1.807, 2.05) is 6.92 Å². The molecule has 0 aromatic carbocycles. The highest BCUT2D eigenvalue weighted by Crippen LogP contribution is 2.19. The zero-order valence-corrected chi connectivity index (χ0v) is 10.1. The first kappa shape index (κ1) is 13.7. The Labute approximate surface area is 89.3 Å². The summed E-state index contributed by atoms with van der Waals surface area (Å²) in [5.74, 6) is 1.29. The summed E-state index contributed by atoms with van der Waals surface area (Å²) >= 11 is 0. The van der Waals surface area contributed by atoms with Crippen LogP contribution >= 0.6 is 0 Å². The minimum absolute atomic E-state index is 0.426. The summed E-state index contributed by atoms with van der Waals surface area (Å²) in [7, 11) is 0. The van der Waals surface area contributed by atoms with Gasteiger partial charge in [-0.05, 0) is 12.3 Å². The zero-order chi connectivity index (χ0) is 10.8. The summed E-state index contributed by atoms with van der Waals surface area (Å²) in [6.07, 6.45) is 9.15. The maximum absolute atomic E-state index is 11.1. The zero-order valence-electron chi connectivity index (χ0n) is 10.1. The van der Waals surface area contributed by atoms with Gasteiger partial charge in [0.05, 0.1) is 0 Å². The van der Waals surface area contributed by atoms with E-state index in [0.717, 1.165) is 18.8 Å². The number of rotatable bonds is 9. The van der Waals surface area contributed by atoms with Crippen molar-refractivity contribution in [2.45, 2.75) is 72.1 Å². The molecule has 0 aromatic heterocycles. The normalized spacial score (nSPS) is 12.8. The van der Waals surface area contributed by atoms with E-state index in [-0.39, 0.29) is 0 Å². The Kier molecular flexibility index (Phi) is 9.02. The minimum Gasteiger partial charge on any atom is -0.300 e. The molecule has 0 aromatic rings. The molecule has 1 nitrogen and oxygen atoms in total. The maximum atomic E-state index is 11.1. The molecule has 0 saturated carbocycles. The van der Waals surface area contributed by atoms with Crippen LogP contribution in [0.15, 0.2) is 0 Å². The largest absolute Gasteiger partial charge is 0.300 e. The average molecular weight is 198 g/mol. The van der Waals surface area contributed by atoms with Crippen molar-refractivity contribution in [3.63, 3.8) is 0 Å². The first-order valence-electron chi connectivity index (χ1n) is 6.26. The highest BCUT2D eigenvalue weighted by molar-refractivity contribution is 5.77. The predicted octanol–water partition coefficient (Wildman–Crippen LogP) is 4.35. The molecule has 0 saturated heterocycles. The summed E-state index contributed by atoms with van der Waals surface area (Å²) in [6, 6.07) is 0. The smallest absolute Gasteiger partial charge is 0.132 e. The minimum atomic E-state index is 0.426. The molecule has 84 valence electrons. The standard InChI is InChI=1S/C13H26O/c1-4-7-9-12(5-2)10-8-11-13(14)6-3/h12H,4-11H2,1-3H3. The fraction of sp³-hybridized carbons (Fsp3) is 0.923. The Hall–Kier alpha value is -0.330. The number of carbonyl (C=O) groups is 1. The quantitative estimate of drug-likeness (QED) is 0.538. The number of ketones is 1. The van der Waals surface area contributed by atoms with Gasteiger partial charge in [-0.1, -0.05) is 52.9 Å². The van der Waals surface area contributed by atoms with Crippen molar-refractivity contribution in [3.8, 4) is 0 Å². The van der Waals surface area contributed by atoms with Crippen LogP contribution in [-0.4, -0.2) is 5.78 Å². The molecule has 0 aliphatic carbocycles. The van der Waals surface area contributed by atoms with Crippen molar-refractivity contribution >= 4 is 5.78 Å². The SMILES string of the molecule is CCCCC(CC)CCCC(=O)CC. The van der Waals surface area contributed by atoms with Crippen LogP contribution in [0.2, 0.25) is 0 Å². The first-order valence-corrected chi connectivity index (χ1v) is 6.26. The van der Waals surface area contributed by atoms with Crippen molar-refractivity contribution in [2.75, 3.05) is 0 Å². The Morgan fingerprint density at radius 2 is 1.71 bits per heavy atom. The van der Waals surface area contributed by atoms with Gasteiger partial charge in [0.25, 0.3) is 0 Å². The lowest BCUT2D eigenvalue weighted by Crippen LogP contribution is -2.01. The monoisotopic (exact) mass is 198 g/mol. The second-order valence-electron chi connectivity index (χ2n) is 4.20. The van der Waals surface area contributed by atoms with Gasteiger partial charge in [0.2, 0.25) is 0 Å². The fourth-order valence-electron chi connectivity index (χ4n) is 1.81. The number of Topliss-reactive ketones (excluding diaryl/α,β-unsaturated/α-hetero) is 1. The molecular formula is C13H26O. The molecule has 0 radical (unpaired) electrons. The number of hydrogen-bond acceptors (Lipinski definition) is 1. The van der Waals surface area contributed by atoms with Crippen molar-refractivity contribution < 1.29 is 4.79 Å². The summed E-state index contributed by atoms with van der Waals surface area (Å²) in [6.45, 7) is 6.46. The molecule has 0 heterocycles. The molecular weight excluding hydrogens is 172 g/mol. The van der Waals surface area contributed by atoms with Gasteiger partial charge in [0.1, 0.15) is 5.78 Å². The lowest BCUT2D eigenvalue weighted by molar-refractivity contribution is -0.118. The molecule has 0 N–H and O–H groups in total. The van der Waals surface area contributed by atoms with E-state index in [0.29, 0.717) is 12.2 Å². The second kappa shape index (κ2) is 9.23. The predicted molar refractivity (Wildman–Crippen MR) is 62.5 cm³/mol. The van der Waals surface area contributed by atoms with E-state index < -0.39 is 0 Å². The third-order valence-electron chi connectivity index (χ3n) is 3.01. The van der Waals surface area contributed by atoms with Gasteiger partial charge in [-0.3, -0.25) is 4.79 Å². The Morgan fingerprint density at radius 3 is 2.21 bits per heavy atom. The van der Waals surface area contributed by atoms with Crippen LogP contribution < -0.4 is 0 Å². The topological polar surface area (TPSA) is 17.1 Å². The van der Waals surface area contributed by atoms with Crippen LogP contribution in [0.4, 0.5) is 0 Å². The summed E-state index contributed by atoms with van der Waals surface area (Å²) in [4.78, 5) is 11.1. The maximum Gasteiger partial charge on any atom is 0.132 e. The first-order chi connectivity index (χ1) is 6.74. The third kappa shape index (κ3) is 7.11. The second-order valence-corrected chi connectivity index (χ2v) is 4.20. The Balaban J connectivity index is 3.46. The van der Waals surface area contributed by atoms with Gasteiger partial charge in [0.15, 0.2) is 0 Å². The van der Waals surface area contributed by atoms with Gasteiger partial charge in [-0.2, -0.15) is 0 Å². The molecule has 0 bridgehead atoms. The summed E-state index contributed by atoms with van der Waals surface area (Å²) in [5.41, 5.74) is 0. The molecule has 0 spiro atoms. The highest BCUT2D eigenvalue weighted by Gasteiger charge is 2.06. The molecule has 0 fully saturated rings. The van der Waals surface area contributed by atoms with Crippen LogP contribution in [0.25, 0.3) is 0 Å². The van der Waals surface area contributed by atoms with E-state index in [1.54, 1.807) is 0 Å². The molecule has 0 aliphatic rings. The summed E-state index contributed by atoms with van der Waals surface area (Å²) < 4.78 is 0. The van der Waals surface area contributed by atoms with E-state index in [2.05, 4.69) is 13.8 Å². The lowest BCUT2D eigenvalue weighted by atomic mass is 9.93.